The highest BCUT2D eigenvalue weighted by Crippen LogP contribution is 2.22. The Morgan fingerprint density at radius 1 is 0.923 bits per heavy atom. The zero-order chi connectivity index (χ0) is 18.5. The van der Waals surface area contributed by atoms with E-state index in [1.165, 1.54) is 0 Å². The van der Waals surface area contributed by atoms with E-state index < -0.39 is 0 Å². The maximum Gasteiger partial charge on any atom is 0.246 e. The highest BCUT2D eigenvalue weighted by atomic mass is 16.2. The van der Waals surface area contributed by atoms with Crippen molar-refractivity contribution < 1.29 is 14.4 Å². The zero-order valence-corrected chi connectivity index (χ0v) is 14.9. The number of hydrogen-bond donors (Lipinski definition) is 0. The normalized spacial score (nSPS) is 14.4. The van der Waals surface area contributed by atoms with Gasteiger partial charge in [-0.2, -0.15) is 0 Å². The fourth-order valence-corrected chi connectivity index (χ4v) is 3.15. The van der Waals surface area contributed by atoms with Crippen molar-refractivity contribution in [3.05, 3.63) is 65.7 Å². The third kappa shape index (κ3) is 3.99. The number of amides is 2. The van der Waals surface area contributed by atoms with Crippen molar-refractivity contribution in [3.8, 4) is 0 Å². The Bertz CT molecular complexity index is 817. The predicted molar refractivity (Wildman–Crippen MR) is 100 cm³/mol. The maximum absolute atomic E-state index is 12.5. The van der Waals surface area contributed by atoms with E-state index in [0.29, 0.717) is 18.7 Å². The molecule has 26 heavy (non-hydrogen) atoms. The minimum Gasteiger partial charge on any atom is -0.332 e. The van der Waals surface area contributed by atoms with Crippen LogP contribution in [0.4, 0.5) is 5.69 Å². The lowest BCUT2D eigenvalue weighted by molar-refractivity contribution is -0.136. The summed E-state index contributed by atoms with van der Waals surface area (Å²) in [6.07, 6.45) is 0.292. The Morgan fingerprint density at radius 2 is 1.62 bits per heavy atom. The lowest BCUT2D eigenvalue weighted by Crippen LogP contribution is -2.52. The van der Waals surface area contributed by atoms with Crippen molar-refractivity contribution in [2.24, 2.45) is 0 Å². The largest absolute Gasteiger partial charge is 0.332 e. The SMILES string of the molecule is Cc1ccccc1N1CCN(C(=O)CCC(=O)c2ccccc2)CC1=O. The summed E-state index contributed by atoms with van der Waals surface area (Å²) < 4.78 is 0. The molecule has 0 N–H and O–H groups in total. The van der Waals surface area contributed by atoms with Gasteiger partial charge in [-0.25, -0.2) is 0 Å². The van der Waals surface area contributed by atoms with Gasteiger partial charge in [-0.3, -0.25) is 14.4 Å². The Labute approximate surface area is 153 Å². The second kappa shape index (κ2) is 7.95. The van der Waals surface area contributed by atoms with Gasteiger partial charge in [0.15, 0.2) is 5.78 Å². The van der Waals surface area contributed by atoms with Crippen LogP contribution in [0.1, 0.15) is 28.8 Å². The molecule has 0 atom stereocenters. The van der Waals surface area contributed by atoms with Crippen LogP contribution in [0.3, 0.4) is 0 Å². The van der Waals surface area contributed by atoms with Crippen LogP contribution in [0.25, 0.3) is 0 Å². The molecule has 1 heterocycles. The highest BCUT2D eigenvalue weighted by molar-refractivity contribution is 6.00. The van der Waals surface area contributed by atoms with Crippen LogP contribution in [-0.2, 0) is 9.59 Å². The minimum atomic E-state index is -0.146. The third-order valence-corrected chi connectivity index (χ3v) is 4.64. The van der Waals surface area contributed by atoms with Gasteiger partial charge in [0.2, 0.25) is 11.8 Å². The molecular weight excluding hydrogens is 328 g/mol. The second-order valence-corrected chi connectivity index (χ2v) is 6.44. The van der Waals surface area contributed by atoms with Gasteiger partial charge in [-0.1, -0.05) is 48.5 Å². The number of Topliss-reactive ketones (excluding diaryl/α,β-unsaturated/α-hetero) is 1. The van der Waals surface area contributed by atoms with Crippen LogP contribution >= 0.6 is 0 Å². The monoisotopic (exact) mass is 350 g/mol. The summed E-state index contributed by atoms with van der Waals surface area (Å²) in [5.74, 6) is -0.288. The molecule has 0 saturated carbocycles. The molecule has 5 heteroatoms. The minimum absolute atomic E-state index is 0.0520. The molecule has 0 aromatic heterocycles. The van der Waals surface area contributed by atoms with Gasteiger partial charge in [-0.15, -0.1) is 0 Å². The molecule has 1 aliphatic heterocycles. The van der Waals surface area contributed by atoms with Crippen molar-refractivity contribution in [1.29, 1.82) is 0 Å². The first-order valence-electron chi connectivity index (χ1n) is 8.78. The molecule has 0 unspecified atom stereocenters. The van der Waals surface area contributed by atoms with Gasteiger partial charge in [0.1, 0.15) is 6.54 Å². The Hall–Kier alpha value is -2.95. The van der Waals surface area contributed by atoms with E-state index in [1.807, 2.05) is 37.3 Å². The molecule has 2 aromatic carbocycles. The summed E-state index contributed by atoms with van der Waals surface area (Å²) >= 11 is 0. The molecule has 134 valence electrons. The number of aryl methyl sites for hydroxylation is 1. The number of nitrogens with zero attached hydrogens (tertiary/aromatic N) is 2. The fraction of sp³-hybridized carbons (Fsp3) is 0.286. The summed E-state index contributed by atoms with van der Waals surface area (Å²) in [6, 6.07) is 16.7. The molecule has 0 bridgehead atoms. The van der Waals surface area contributed by atoms with E-state index in [1.54, 1.807) is 34.1 Å². The topological polar surface area (TPSA) is 57.7 Å². The van der Waals surface area contributed by atoms with E-state index in [9.17, 15) is 14.4 Å². The number of carbonyl (C=O) groups excluding carboxylic acids is 3. The number of anilines is 1. The van der Waals surface area contributed by atoms with Crippen LogP contribution in [0, 0.1) is 6.92 Å². The van der Waals surface area contributed by atoms with E-state index in [0.717, 1.165) is 11.3 Å². The average molecular weight is 350 g/mol. The summed E-state index contributed by atoms with van der Waals surface area (Å²) in [5, 5.41) is 0. The van der Waals surface area contributed by atoms with Gasteiger partial charge < -0.3 is 9.80 Å². The molecule has 2 amide bonds. The summed E-state index contributed by atoms with van der Waals surface area (Å²) in [5.41, 5.74) is 2.54. The molecule has 1 aliphatic rings. The van der Waals surface area contributed by atoms with E-state index in [4.69, 9.17) is 0 Å². The summed E-state index contributed by atoms with van der Waals surface area (Å²) in [7, 11) is 0. The molecule has 0 aliphatic carbocycles. The molecule has 1 saturated heterocycles. The maximum atomic E-state index is 12.5. The number of carbonyl (C=O) groups is 3. The van der Waals surface area contributed by atoms with Crippen molar-refractivity contribution in [1.82, 2.24) is 4.90 Å². The van der Waals surface area contributed by atoms with Gasteiger partial charge in [0, 0.05) is 37.2 Å². The highest BCUT2D eigenvalue weighted by Gasteiger charge is 2.28. The number of hydrogen-bond acceptors (Lipinski definition) is 3. The average Bonchev–Trinajstić information content (AvgIpc) is 2.67. The second-order valence-electron chi connectivity index (χ2n) is 6.44. The first-order chi connectivity index (χ1) is 12.6. The van der Waals surface area contributed by atoms with Crippen LogP contribution in [0.2, 0.25) is 0 Å². The van der Waals surface area contributed by atoms with E-state index in [-0.39, 0.29) is 37.0 Å². The Morgan fingerprint density at radius 3 is 2.31 bits per heavy atom. The van der Waals surface area contributed by atoms with Crippen LogP contribution in [0.15, 0.2) is 54.6 Å². The van der Waals surface area contributed by atoms with Crippen molar-refractivity contribution in [3.63, 3.8) is 0 Å². The number of benzene rings is 2. The fourth-order valence-electron chi connectivity index (χ4n) is 3.15. The van der Waals surface area contributed by atoms with Crippen LogP contribution < -0.4 is 4.90 Å². The van der Waals surface area contributed by atoms with Gasteiger partial charge in [-0.05, 0) is 18.6 Å². The molecule has 2 aromatic rings. The molecular formula is C21H22N2O3. The van der Waals surface area contributed by atoms with E-state index in [2.05, 4.69) is 0 Å². The Kier molecular flexibility index (Phi) is 5.46. The Balaban J connectivity index is 1.55. The molecule has 5 nitrogen and oxygen atoms in total. The third-order valence-electron chi connectivity index (χ3n) is 4.64. The number of para-hydroxylation sites is 1. The molecule has 0 radical (unpaired) electrons. The van der Waals surface area contributed by atoms with E-state index >= 15 is 0 Å². The predicted octanol–water partition coefficient (Wildman–Crippen LogP) is 2.83. The molecule has 3 rings (SSSR count). The van der Waals surface area contributed by atoms with Gasteiger partial charge in [0.05, 0.1) is 0 Å². The first kappa shape index (κ1) is 17.9. The zero-order valence-electron chi connectivity index (χ0n) is 14.9. The molecule has 1 fully saturated rings. The first-order valence-corrected chi connectivity index (χ1v) is 8.78. The quantitative estimate of drug-likeness (QED) is 0.779. The lowest BCUT2D eigenvalue weighted by atomic mass is 10.1. The lowest BCUT2D eigenvalue weighted by Gasteiger charge is -2.35. The summed E-state index contributed by atoms with van der Waals surface area (Å²) in [6.45, 7) is 2.99. The van der Waals surface area contributed by atoms with Crippen LogP contribution in [-0.4, -0.2) is 42.1 Å². The number of ketones is 1. The van der Waals surface area contributed by atoms with Gasteiger partial charge in [0.25, 0.3) is 0 Å². The standard InChI is InChI=1S/C21H22N2O3/c1-16-7-5-6-10-18(16)23-14-13-22(15-21(23)26)20(25)12-11-19(24)17-8-3-2-4-9-17/h2-10H,11-15H2,1H3. The smallest absolute Gasteiger partial charge is 0.246 e. The van der Waals surface area contributed by atoms with Gasteiger partial charge >= 0.3 is 0 Å². The summed E-state index contributed by atoms with van der Waals surface area (Å²) in [4.78, 5) is 40.3. The van der Waals surface area contributed by atoms with Crippen LogP contribution in [0.5, 0.6) is 0 Å². The van der Waals surface area contributed by atoms with Crippen molar-refractivity contribution in [2.75, 3.05) is 24.5 Å². The van der Waals surface area contributed by atoms with Crippen molar-refractivity contribution in [2.45, 2.75) is 19.8 Å². The van der Waals surface area contributed by atoms with Crippen molar-refractivity contribution >= 4 is 23.3 Å². The number of piperazine rings is 1. The number of rotatable bonds is 5. The molecule has 0 spiro atoms.